The van der Waals surface area contributed by atoms with E-state index in [0.29, 0.717) is 23.5 Å². The number of hydrogen-bond acceptors (Lipinski definition) is 4. The fourth-order valence-corrected chi connectivity index (χ4v) is 3.32. The number of rotatable bonds is 6. The van der Waals surface area contributed by atoms with Gasteiger partial charge in [0.05, 0.1) is 0 Å². The summed E-state index contributed by atoms with van der Waals surface area (Å²) in [5.41, 5.74) is 1.19. The summed E-state index contributed by atoms with van der Waals surface area (Å²) in [6.07, 6.45) is 3.65. The van der Waals surface area contributed by atoms with Gasteiger partial charge in [-0.1, -0.05) is 6.42 Å². The van der Waals surface area contributed by atoms with Crippen molar-refractivity contribution < 1.29 is 14.4 Å². The minimum Gasteiger partial charge on any atom is -0.350 e. The van der Waals surface area contributed by atoms with Gasteiger partial charge in [-0.2, -0.15) is 0 Å². The summed E-state index contributed by atoms with van der Waals surface area (Å²) in [5, 5.41) is 8.31. The smallest absolute Gasteiger partial charge is 0.251 e. The molecule has 0 aromatic heterocycles. The lowest BCUT2D eigenvalue weighted by atomic mass is 9.98. The number of carbonyl (C=O) groups excluding carboxylic acids is 3. The van der Waals surface area contributed by atoms with E-state index in [1.807, 2.05) is 0 Å². The minimum atomic E-state index is -0.243. The van der Waals surface area contributed by atoms with Crippen LogP contribution in [-0.4, -0.2) is 47.8 Å². The maximum absolute atomic E-state index is 12.7. The Morgan fingerprint density at radius 3 is 1.93 bits per heavy atom. The normalized spacial score (nSPS) is 15.1. The SMILES string of the molecule is CC(=O)Nc1cc(NC(C)=O)cc(C(=O)NCC(C)(C)N2CCCCC2)c1. The Labute approximate surface area is 160 Å². The van der Waals surface area contributed by atoms with Gasteiger partial charge in [0, 0.05) is 42.9 Å². The van der Waals surface area contributed by atoms with Crippen LogP contribution in [0.4, 0.5) is 11.4 Å². The molecule has 0 bridgehead atoms. The molecule has 0 atom stereocenters. The van der Waals surface area contributed by atoms with Crippen molar-refractivity contribution in [2.24, 2.45) is 0 Å². The second-order valence-electron chi connectivity index (χ2n) is 7.70. The molecule has 0 radical (unpaired) electrons. The summed E-state index contributed by atoms with van der Waals surface area (Å²) in [7, 11) is 0. The summed E-state index contributed by atoms with van der Waals surface area (Å²) >= 11 is 0. The molecule has 1 aliphatic heterocycles. The van der Waals surface area contributed by atoms with Crippen molar-refractivity contribution in [3.8, 4) is 0 Å². The van der Waals surface area contributed by atoms with Gasteiger partial charge in [0.2, 0.25) is 11.8 Å². The van der Waals surface area contributed by atoms with Crippen LogP contribution in [0.25, 0.3) is 0 Å². The van der Waals surface area contributed by atoms with Gasteiger partial charge in [-0.05, 0) is 58.0 Å². The lowest BCUT2D eigenvalue weighted by molar-refractivity contribution is -0.115. The van der Waals surface area contributed by atoms with Crippen LogP contribution in [0.15, 0.2) is 18.2 Å². The molecule has 0 aliphatic carbocycles. The van der Waals surface area contributed by atoms with E-state index in [-0.39, 0.29) is 23.3 Å². The first-order valence-corrected chi connectivity index (χ1v) is 9.41. The number of amides is 3. The maximum atomic E-state index is 12.7. The lowest BCUT2D eigenvalue weighted by Gasteiger charge is -2.41. The first-order chi connectivity index (χ1) is 12.7. The van der Waals surface area contributed by atoms with Crippen molar-refractivity contribution in [3.05, 3.63) is 23.8 Å². The van der Waals surface area contributed by atoms with E-state index < -0.39 is 0 Å². The standard InChI is InChI=1S/C20H30N4O3/c1-14(25)22-17-10-16(11-18(12-17)23-15(2)26)19(27)21-13-20(3,4)24-8-6-5-7-9-24/h10-12H,5-9,13H2,1-4H3,(H,21,27)(H,22,25)(H,23,26). The molecule has 1 aliphatic rings. The molecule has 1 saturated heterocycles. The third kappa shape index (κ3) is 6.36. The molecule has 1 aromatic carbocycles. The average Bonchev–Trinajstić information content (AvgIpc) is 2.59. The molecule has 148 valence electrons. The van der Waals surface area contributed by atoms with Gasteiger partial charge in [0.1, 0.15) is 0 Å². The first kappa shape index (κ1) is 20.9. The molecule has 1 fully saturated rings. The van der Waals surface area contributed by atoms with Crippen LogP contribution in [-0.2, 0) is 9.59 Å². The van der Waals surface area contributed by atoms with E-state index in [2.05, 4.69) is 34.7 Å². The molecule has 1 aromatic rings. The highest BCUT2D eigenvalue weighted by atomic mass is 16.2. The zero-order valence-corrected chi connectivity index (χ0v) is 16.6. The second kappa shape index (κ2) is 8.99. The molecule has 0 unspecified atom stereocenters. The van der Waals surface area contributed by atoms with E-state index in [1.54, 1.807) is 18.2 Å². The number of nitrogens with one attached hydrogen (secondary N) is 3. The van der Waals surface area contributed by atoms with Crippen molar-refractivity contribution in [1.82, 2.24) is 10.2 Å². The van der Waals surface area contributed by atoms with E-state index in [9.17, 15) is 14.4 Å². The highest BCUT2D eigenvalue weighted by Crippen LogP contribution is 2.22. The predicted molar refractivity (Wildman–Crippen MR) is 107 cm³/mol. The summed E-state index contributed by atoms with van der Waals surface area (Å²) in [6, 6.07) is 4.84. The third-order valence-corrected chi connectivity index (χ3v) is 4.73. The van der Waals surface area contributed by atoms with Crippen LogP contribution in [0, 0.1) is 0 Å². The van der Waals surface area contributed by atoms with Crippen LogP contribution in [0.3, 0.4) is 0 Å². The number of likely N-dealkylation sites (tertiary alicyclic amines) is 1. The Morgan fingerprint density at radius 2 is 1.44 bits per heavy atom. The van der Waals surface area contributed by atoms with Crippen molar-refractivity contribution in [1.29, 1.82) is 0 Å². The zero-order valence-electron chi connectivity index (χ0n) is 16.6. The molecule has 3 N–H and O–H groups in total. The van der Waals surface area contributed by atoms with Crippen molar-refractivity contribution in [3.63, 3.8) is 0 Å². The largest absolute Gasteiger partial charge is 0.350 e. The quantitative estimate of drug-likeness (QED) is 0.714. The topological polar surface area (TPSA) is 90.5 Å². The summed E-state index contributed by atoms with van der Waals surface area (Å²) in [6.45, 7) is 9.68. The number of carbonyl (C=O) groups is 3. The average molecular weight is 374 g/mol. The number of nitrogens with zero attached hydrogens (tertiary/aromatic N) is 1. The van der Waals surface area contributed by atoms with Crippen molar-refractivity contribution in [2.45, 2.75) is 52.5 Å². The van der Waals surface area contributed by atoms with Crippen molar-refractivity contribution >= 4 is 29.1 Å². The predicted octanol–water partition coefficient (Wildman–Crippen LogP) is 2.60. The van der Waals surface area contributed by atoms with E-state index in [4.69, 9.17) is 0 Å². The Bertz CT molecular complexity index is 675. The van der Waals surface area contributed by atoms with Gasteiger partial charge in [0.25, 0.3) is 5.91 Å². The molecule has 27 heavy (non-hydrogen) atoms. The molecule has 3 amide bonds. The summed E-state index contributed by atoms with van der Waals surface area (Å²) in [5.74, 6) is -0.723. The fourth-order valence-electron chi connectivity index (χ4n) is 3.32. The molecule has 2 rings (SSSR count). The molecule has 1 heterocycles. The molecule has 7 heteroatoms. The van der Waals surface area contributed by atoms with Gasteiger partial charge < -0.3 is 16.0 Å². The molecule has 0 spiro atoms. The number of hydrogen-bond donors (Lipinski definition) is 3. The van der Waals surface area contributed by atoms with Gasteiger partial charge in [0.15, 0.2) is 0 Å². The molecular formula is C20H30N4O3. The Kier molecular flexibility index (Phi) is 6.96. The maximum Gasteiger partial charge on any atom is 0.251 e. The Morgan fingerprint density at radius 1 is 0.926 bits per heavy atom. The fraction of sp³-hybridized carbons (Fsp3) is 0.550. The molecule has 0 saturated carbocycles. The van der Waals surface area contributed by atoms with Crippen LogP contribution >= 0.6 is 0 Å². The van der Waals surface area contributed by atoms with E-state index in [1.165, 1.54) is 33.1 Å². The number of piperidine rings is 1. The van der Waals surface area contributed by atoms with E-state index >= 15 is 0 Å². The van der Waals surface area contributed by atoms with Crippen LogP contribution in [0.1, 0.15) is 57.3 Å². The van der Waals surface area contributed by atoms with Gasteiger partial charge in [-0.15, -0.1) is 0 Å². The van der Waals surface area contributed by atoms with Crippen LogP contribution < -0.4 is 16.0 Å². The Balaban J connectivity index is 2.11. The summed E-state index contributed by atoms with van der Waals surface area (Å²) < 4.78 is 0. The minimum absolute atomic E-state index is 0.133. The monoisotopic (exact) mass is 374 g/mol. The lowest BCUT2D eigenvalue weighted by Crippen LogP contribution is -2.53. The summed E-state index contributed by atoms with van der Waals surface area (Å²) in [4.78, 5) is 37.8. The second-order valence-corrected chi connectivity index (χ2v) is 7.70. The molecular weight excluding hydrogens is 344 g/mol. The van der Waals surface area contributed by atoms with E-state index in [0.717, 1.165) is 13.1 Å². The van der Waals surface area contributed by atoms with Crippen LogP contribution in [0.2, 0.25) is 0 Å². The number of anilines is 2. The number of benzene rings is 1. The highest BCUT2D eigenvalue weighted by molar-refractivity contribution is 5.99. The Hall–Kier alpha value is -2.41. The van der Waals surface area contributed by atoms with Gasteiger partial charge >= 0.3 is 0 Å². The zero-order chi connectivity index (χ0) is 20.0. The molecule has 7 nitrogen and oxygen atoms in total. The highest BCUT2D eigenvalue weighted by Gasteiger charge is 2.28. The van der Waals surface area contributed by atoms with Gasteiger partial charge in [-0.3, -0.25) is 19.3 Å². The van der Waals surface area contributed by atoms with Gasteiger partial charge in [-0.25, -0.2) is 0 Å². The third-order valence-electron chi connectivity index (χ3n) is 4.73. The van der Waals surface area contributed by atoms with Crippen molar-refractivity contribution in [2.75, 3.05) is 30.3 Å². The first-order valence-electron chi connectivity index (χ1n) is 9.41. The van der Waals surface area contributed by atoms with Crippen LogP contribution in [0.5, 0.6) is 0 Å².